The Bertz CT molecular complexity index is 672. The van der Waals surface area contributed by atoms with Crippen molar-refractivity contribution >= 4 is 0 Å². The summed E-state index contributed by atoms with van der Waals surface area (Å²) in [4.78, 5) is 3.15. The number of rotatable bonds is 4. The summed E-state index contributed by atoms with van der Waals surface area (Å²) in [5, 5.41) is 0. The number of hydrogen-bond donors (Lipinski definition) is 0. The summed E-state index contributed by atoms with van der Waals surface area (Å²) in [5.41, 5.74) is -0.147. The van der Waals surface area contributed by atoms with Gasteiger partial charge in [-0.1, -0.05) is 6.92 Å². The molecule has 1 aliphatic carbocycles. The summed E-state index contributed by atoms with van der Waals surface area (Å²) >= 11 is 0. The second-order valence-corrected chi connectivity index (χ2v) is 9.37. The van der Waals surface area contributed by atoms with Crippen molar-refractivity contribution in [2.75, 3.05) is 26.5 Å². The molecule has 2 heterocycles. The predicted octanol–water partition coefficient (Wildman–Crippen LogP) is 6.10. The summed E-state index contributed by atoms with van der Waals surface area (Å²) in [6.07, 6.45) is 6.68. The summed E-state index contributed by atoms with van der Waals surface area (Å²) in [6.45, 7) is 5.72. The lowest BCUT2D eigenvalue weighted by molar-refractivity contribution is -0.246. The SMILES string of the molecule is CC1CCC(C2COC(C3CCC(CF)CC3)OC2)OC1.Cc1c(F)cc(OF)cc1F. The molecule has 3 aliphatic rings. The fourth-order valence-electron chi connectivity index (χ4n) is 4.58. The van der Waals surface area contributed by atoms with Gasteiger partial charge in [-0.15, -0.1) is 0 Å². The molecule has 1 aromatic carbocycles. The Kier molecular flexibility index (Phi) is 9.61. The van der Waals surface area contributed by atoms with Gasteiger partial charge in [-0.25, -0.2) is 8.78 Å². The van der Waals surface area contributed by atoms with Gasteiger partial charge in [0.15, 0.2) is 12.0 Å². The monoisotopic (exact) mass is 462 g/mol. The molecule has 2 saturated heterocycles. The van der Waals surface area contributed by atoms with E-state index in [0.29, 0.717) is 23.9 Å². The van der Waals surface area contributed by atoms with Gasteiger partial charge in [0.2, 0.25) is 0 Å². The number of benzene rings is 1. The molecule has 0 radical (unpaired) electrons. The van der Waals surface area contributed by atoms with Crippen LogP contribution in [-0.2, 0) is 14.2 Å². The van der Waals surface area contributed by atoms with Gasteiger partial charge < -0.3 is 14.2 Å². The first-order chi connectivity index (χ1) is 15.4. The minimum absolute atomic E-state index is 0.0654. The van der Waals surface area contributed by atoms with Gasteiger partial charge >= 0.3 is 0 Å². The fourth-order valence-corrected chi connectivity index (χ4v) is 4.58. The van der Waals surface area contributed by atoms with Crippen LogP contribution in [0.1, 0.15) is 51.0 Å². The van der Waals surface area contributed by atoms with Crippen molar-refractivity contribution in [2.45, 2.75) is 64.8 Å². The third kappa shape index (κ3) is 6.81. The zero-order chi connectivity index (χ0) is 23.1. The normalized spacial score (nSPS) is 33.2. The van der Waals surface area contributed by atoms with Crippen LogP contribution in [0.2, 0.25) is 0 Å². The molecule has 2 atom stereocenters. The first kappa shape index (κ1) is 25.2. The van der Waals surface area contributed by atoms with Crippen molar-refractivity contribution in [2.24, 2.45) is 23.7 Å². The number of alkyl halides is 1. The molecule has 3 fully saturated rings. The first-order valence-electron chi connectivity index (χ1n) is 11.6. The van der Waals surface area contributed by atoms with Crippen LogP contribution in [0.3, 0.4) is 0 Å². The molecule has 1 saturated carbocycles. The third-order valence-corrected chi connectivity index (χ3v) is 6.85. The van der Waals surface area contributed by atoms with Crippen LogP contribution >= 0.6 is 0 Å². The Labute approximate surface area is 187 Å². The van der Waals surface area contributed by atoms with Gasteiger partial charge in [0, 0.05) is 40.7 Å². The molecular formula is C24H34F4O4. The lowest BCUT2D eigenvalue weighted by Crippen LogP contribution is -2.44. The maximum atomic E-state index is 12.7. The highest BCUT2D eigenvalue weighted by atomic mass is 19.3. The lowest BCUT2D eigenvalue weighted by Gasteiger charge is -2.40. The van der Waals surface area contributed by atoms with E-state index in [1.165, 1.54) is 13.3 Å². The van der Waals surface area contributed by atoms with Gasteiger partial charge in [0.1, 0.15) is 11.6 Å². The molecule has 0 bridgehead atoms. The van der Waals surface area contributed by atoms with Crippen LogP contribution in [0.4, 0.5) is 17.7 Å². The molecule has 0 N–H and O–H groups in total. The maximum Gasteiger partial charge on any atom is 0.177 e. The summed E-state index contributed by atoms with van der Waals surface area (Å²) in [5.74, 6) is -0.307. The highest BCUT2D eigenvalue weighted by molar-refractivity contribution is 5.29. The average Bonchev–Trinajstić information content (AvgIpc) is 2.83. The number of halogens is 4. The second kappa shape index (κ2) is 12.2. The van der Waals surface area contributed by atoms with Gasteiger partial charge in [-0.05, 0) is 57.3 Å². The molecule has 0 spiro atoms. The Morgan fingerprint density at radius 1 is 0.875 bits per heavy atom. The number of hydrogen-bond acceptors (Lipinski definition) is 4. The van der Waals surface area contributed by atoms with Gasteiger partial charge in [-0.3, -0.25) is 9.33 Å². The summed E-state index contributed by atoms with van der Waals surface area (Å²) in [7, 11) is 0. The van der Waals surface area contributed by atoms with E-state index in [9.17, 15) is 17.7 Å². The summed E-state index contributed by atoms with van der Waals surface area (Å²) < 4.78 is 67.0. The lowest BCUT2D eigenvalue weighted by atomic mass is 9.82. The maximum absolute atomic E-state index is 12.7. The topological polar surface area (TPSA) is 36.9 Å². The van der Waals surface area contributed by atoms with Gasteiger partial charge in [0.25, 0.3) is 0 Å². The van der Waals surface area contributed by atoms with Crippen LogP contribution in [0.5, 0.6) is 5.75 Å². The van der Waals surface area contributed by atoms with Crippen LogP contribution < -0.4 is 4.94 Å². The van der Waals surface area contributed by atoms with E-state index in [1.54, 1.807) is 0 Å². The van der Waals surface area contributed by atoms with Crippen LogP contribution in [-0.4, -0.2) is 38.9 Å². The van der Waals surface area contributed by atoms with Crippen molar-refractivity contribution in [3.05, 3.63) is 29.3 Å². The molecule has 2 aliphatic heterocycles. The van der Waals surface area contributed by atoms with E-state index in [4.69, 9.17) is 14.2 Å². The average molecular weight is 463 g/mol. The first-order valence-corrected chi connectivity index (χ1v) is 11.6. The van der Waals surface area contributed by atoms with E-state index >= 15 is 0 Å². The van der Waals surface area contributed by atoms with Crippen molar-refractivity contribution in [1.29, 1.82) is 0 Å². The van der Waals surface area contributed by atoms with Crippen LogP contribution in [0.25, 0.3) is 0 Å². The zero-order valence-corrected chi connectivity index (χ0v) is 18.8. The molecule has 0 amide bonds. The Morgan fingerprint density at radius 2 is 1.50 bits per heavy atom. The van der Waals surface area contributed by atoms with E-state index in [1.807, 2.05) is 0 Å². The summed E-state index contributed by atoms with van der Waals surface area (Å²) in [6, 6.07) is 1.55. The van der Waals surface area contributed by atoms with Crippen molar-refractivity contribution < 1.29 is 36.8 Å². The van der Waals surface area contributed by atoms with Crippen LogP contribution in [0, 0.1) is 42.2 Å². The van der Waals surface area contributed by atoms with Crippen molar-refractivity contribution in [1.82, 2.24) is 0 Å². The highest BCUT2D eigenvalue weighted by Gasteiger charge is 2.36. The van der Waals surface area contributed by atoms with Crippen LogP contribution in [0.15, 0.2) is 12.1 Å². The second-order valence-electron chi connectivity index (χ2n) is 9.37. The number of ether oxygens (including phenoxy) is 3. The molecule has 4 rings (SSSR count). The predicted molar refractivity (Wildman–Crippen MR) is 112 cm³/mol. The molecule has 0 aromatic heterocycles. The zero-order valence-electron chi connectivity index (χ0n) is 18.8. The van der Waals surface area contributed by atoms with Gasteiger partial charge in [-0.2, -0.15) is 0 Å². The molecule has 1 aromatic rings. The Hall–Kier alpha value is -1.38. The molecule has 32 heavy (non-hydrogen) atoms. The van der Waals surface area contributed by atoms with E-state index in [0.717, 1.165) is 64.1 Å². The molecule has 4 nitrogen and oxygen atoms in total. The molecule has 8 heteroatoms. The molecule has 182 valence electrons. The smallest absolute Gasteiger partial charge is 0.177 e. The minimum atomic E-state index is -0.822. The largest absolute Gasteiger partial charge is 0.377 e. The minimum Gasteiger partial charge on any atom is -0.377 e. The standard InChI is InChI=1S/C17H29FO3.C7H5F3O/c1-12-2-7-16(19-9-12)15-10-20-17(21-11-15)14-5-3-13(8-18)4-6-14;1-4-6(8)2-5(11-10)3-7(4)9/h12-17H,2-11H2,1H3;2-3H,1H3. The van der Waals surface area contributed by atoms with E-state index in [2.05, 4.69) is 11.9 Å². The third-order valence-electron chi connectivity index (χ3n) is 6.85. The Morgan fingerprint density at radius 3 is 2.00 bits per heavy atom. The van der Waals surface area contributed by atoms with E-state index < -0.39 is 17.4 Å². The molecule has 2 unspecified atom stereocenters. The van der Waals surface area contributed by atoms with Gasteiger partial charge in [0.05, 0.1) is 26.0 Å². The van der Waals surface area contributed by atoms with E-state index in [-0.39, 0.29) is 24.4 Å². The van der Waals surface area contributed by atoms with Crippen molar-refractivity contribution in [3.63, 3.8) is 0 Å². The molecular weight excluding hydrogens is 428 g/mol. The quantitative estimate of drug-likeness (QED) is 0.507. The fraction of sp³-hybridized carbons (Fsp3) is 0.750. The van der Waals surface area contributed by atoms with Crippen molar-refractivity contribution in [3.8, 4) is 5.75 Å². The Balaban J connectivity index is 0.000000222. The highest BCUT2D eigenvalue weighted by Crippen LogP contribution is 2.35.